The maximum absolute atomic E-state index is 14.9. The lowest BCUT2D eigenvalue weighted by Gasteiger charge is -2.59. The quantitative estimate of drug-likeness (QED) is 0.0174. The first-order valence-electron chi connectivity index (χ1n) is 29.8. The Bertz CT molecular complexity index is 2780. The molecule has 2 aromatic carbocycles. The van der Waals surface area contributed by atoms with Gasteiger partial charge in [-0.3, -0.25) is 29.0 Å². The van der Waals surface area contributed by atoms with Crippen LogP contribution in [0, 0.1) is 34.5 Å². The fraction of sp³-hybridized carbons (Fsp3) is 0.603. The summed E-state index contributed by atoms with van der Waals surface area (Å²) in [7, 11) is -4.94. The van der Waals surface area contributed by atoms with Crippen molar-refractivity contribution in [1.82, 2.24) is 10.6 Å². The van der Waals surface area contributed by atoms with Crippen LogP contribution in [0.2, 0.25) is 0 Å². The number of nitrogens with zero attached hydrogens (tertiary/aromatic N) is 1. The monoisotopic (exact) mass is 1140 g/mol. The van der Waals surface area contributed by atoms with E-state index in [9.17, 15) is 43.7 Å². The van der Waals surface area contributed by atoms with Crippen LogP contribution in [0.3, 0.4) is 0 Å². The maximum Gasteiger partial charge on any atom is 0.524 e. The van der Waals surface area contributed by atoms with Gasteiger partial charge in [0.25, 0.3) is 5.91 Å². The smallest absolute Gasteiger partial charge is 0.458 e. The Morgan fingerprint density at radius 2 is 1.69 bits per heavy atom. The van der Waals surface area contributed by atoms with Gasteiger partial charge in [-0.15, -0.1) is 0 Å². The standard InChI is InChI=1S/C63H84N3O14P/c1-61-29-28-49(67)36-48(61)25-26-50-51-37-56-63(62(51,2)38-52(68)58(50)61,79-60(78-56)44-20-9-6-10-21-44)55(70)42-77-57(71)23-15-31-65-59(72)46-22-16-32-66(40-46)41-47-35-45(24-27-54(47)80-81(73,74)75)53(69)39-64-30-12-3-4-13-33-76-34-14-11-19-43-17-7-5-8-18-43/h5,7-8,16-18,22,24,27-29,32,35-36,40,44,50-53,56,58,60,64,68-69H,3-4,6,9-15,19-21,23,25-26,30-31,33-34,37-39,41-42H2,1-2H3,(H2-,65,72,73,74,75)/p+1/t50-,51-,52-,53?,56+,58+,60+,61-,62-,63+/m0/s1. The fourth-order valence-electron chi connectivity index (χ4n) is 14.6. The van der Waals surface area contributed by atoms with E-state index in [1.165, 1.54) is 11.6 Å². The molecule has 0 radical (unpaired) electrons. The van der Waals surface area contributed by atoms with Crippen molar-refractivity contribution < 1.29 is 71.8 Å². The summed E-state index contributed by atoms with van der Waals surface area (Å²) in [4.78, 5) is 73.5. The molecule has 4 saturated carbocycles. The van der Waals surface area contributed by atoms with Crippen molar-refractivity contribution in [1.29, 1.82) is 0 Å². The number of aromatic nitrogens is 1. The molecule has 1 unspecified atom stereocenters. The van der Waals surface area contributed by atoms with E-state index in [1.54, 1.807) is 53.4 Å². The average molecular weight is 1140 g/mol. The summed E-state index contributed by atoms with van der Waals surface area (Å²) < 4.78 is 44.0. The Kier molecular flexibility index (Phi) is 20.4. The molecule has 6 aliphatic rings. The number of hydrogen-bond donors (Lipinski definition) is 6. The number of unbranched alkanes of at least 4 members (excludes halogenated alkanes) is 4. The number of allylic oxidation sites excluding steroid dienone is 4. The van der Waals surface area contributed by atoms with Crippen LogP contribution in [0.15, 0.2) is 96.9 Å². The number of pyridine rings is 1. The van der Waals surface area contributed by atoms with Crippen molar-refractivity contribution in [3.05, 3.63) is 119 Å². The minimum atomic E-state index is -4.94. The number of fused-ring (bicyclic) bond motifs is 7. The molecule has 5 aliphatic carbocycles. The van der Waals surface area contributed by atoms with Crippen LogP contribution < -0.4 is 19.7 Å². The molecule has 9 rings (SSSR count). The van der Waals surface area contributed by atoms with Gasteiger partial charge in [-0.1, -0.05) is 94.0 Å². The summed E-state index contributed by atoms with van der Waals surface area (Å²) in [5, 5.41) is 29.4. The van der Waals surface area contributed by atoms with Crippen LogP contribution in [0.5, 0.6) is 5.75 Å². The lowest BCUT2D eigenvalue weighted by Crippen LogP contribution is -2.63. The highest BCUT2D eigenvalue weighted by atomic mass is 31.2. The Balaban J connectivity index is 0.731. The number of hydrogen-bond acceptors (Lipinski definition) is 13. The zero-order chi connectivity index (χ0) is 57.2. The highest BCUT2D eigenvalue weighted by Crippen LogP contribution is 2.70. The van der Waals surface area contributed by atoms with E-state index in [-0.39, 0.29) is 79.0 Å². The molecule has 10 atom stereocenters. The third-order valence-electron chi connectivity index (χ3n) is 18.6. The number of carbonyl (C=O) groups excluding carboxylic acids is 4. The van der Waals surface area contributed by atoms with Gasteiger partial charge in [0, 0.05) is 61.5 Å². The van der Waals surface area contributed by atoms with Gasteiger partial charge in [-0.25, -0.2) is 4.57 Å². The number of carbonyl (C=O) groups is 4. The molecule has 0 spiro atoms. The minimum Gasteiger partial charge on any atom is -0.458 e. The summed E-state index contributed by atoms with van der Waals surface area (Å²) in [5.74, 6) is -1.44. The number of aryl methyl sites for hydroxylation is 1. The van der Waals surface area contributed by atoms with E-state index in [1.807, 2.05) is 12.1 Å². The van der Waals surface area contributed by atoms with Crippen LogP contribution in [-0.2, 0) is 50.9 Å². The number of phosphoric ester groups is 1. The number of esters is 1. The molecular formula is C63H85N3O14P+. The zero-order valence-corrected chi connectivity index (χ0v) is 48.1. The maximum atomic E-state index is 14.9. The molecule has 18 heteroatoms. The molecule has 0 bridgehead atoms. The van der Waals surface area contributed by atoms with E-state index >= 15 is 0 Å². The lowest BCUT2D eigenvalue weighted by atomic mass is 9.46. The van der Waals surface area contributed by atoms with Gasteiger partial charge in [0.2, 0.25) is 5.78 Å². The lowest BCUT2D eigenvalue weighted by molar-refractivity contribution is -0.688. The van der Waals surface area contributed by atoms with Crippen LogP contribution in [0.4, 0.5) is 0 Å². The number of ether oxygens (including phenoxy) is 4. The van der Waals surface area contributed by atoms with E-state index in [4.69, 9.17) is 23.5 Å². The van der Waals surface area contributed by atoms with Crippen molar-refractivity contribution in [3.8, 4) is 5.75 Å². The minimum absolute atomic E-state index is 0.0131. The molecule has 1 amide bonds. The normalized spacial score (nSPS) is 28.3. The van der Waals surface area contributed by atoms with Crippen LogP contribution in [0.1, 0.15) is 156 Å². The summed E-state index contributed by atoms with van der Waals surface area (Å²) in [6, 6.07) is 18.4. The predicted octanol–water partition coefficient (Wildman–Crippen LogP) is 8.29. The van der Waals surface area contributed by atoms with Crippen LogP contribution in [-0.4, -0.2) is 107 Å². The largest absolute Gasteiger partial charge is 0.524 e. The molecule has 440 valence electrons. The average Bonchev–Trinajstić information content (AvgIpc) is 3.12. The summed E-state index contributed by atoms with van der Waals surface area (Å²) in [6.07, 6.45) is 20.7. The molecule has 1 aromatic heterocycles. The van der Waals surface area contributed by atoms with Crippen molar-refractivity contribution in [3.63, 3.8) is 0 Å². The van der Waals surface area contributed by atoms with Gasteiger partial charge < -0.3 is 44.3 Å². The number of ketones is 2. The van der Waals surface area contributed by atoms with Crippen molar-refractivity contribution in [2.45, 2.75) is 166 Å². The number of aliphatic hydroxyl groups is 2. The molecule has 6 N–H and O–H groups in total. The number of Topliss-reactive ketones (excluding diaryl/α,β-unsaturated/α-hetero) is 1. The second-order valence-electron chi connectivity index (χ2n) is 24.0. The third-order valence-corrected chi connectivity index (χ3v) is 19.1. The summed E-state index contributed by atoms with van der Waals surface area (Å²) in [5.41, 5.74) is 0.884. The molecule has 17 nitrogen and oxygen atoms in total. The number of rotatable bonds is 28. The Labute approximate surface area is 476 Å². The Morgan fingerprint density at radius 1 is 0.914 bits per heavy atom. The van der Waals surface area contributed by atoms with E-state index in [2.05, 4.69) is 48.7 Å². The van der Waals surface area contributed by atoms with Gasteiger partial charge in [-0.2, -0.15) is 4.57 Å². The Hall–Kier alpha value is -4.94. The molecule has 5 fully saturated rings. The van der Waals surface area contributed by atoms with Crippen LogP contribution in [0.25, 0.3) is 0 Å². The van der Waals surface area contributed by atoms with Gasteiger partial charge >= 0.3 is 13.8 Å². The first-order chi connectivity index (χ1) is 39.0. The summed E-state index contributed by atoms with van der Waals surface area (Å²) >= 11 is 0. The predicted molar refractivity (Wildman–Crippen MR) is 301 cm³/mol. The molecule has 1 aliphatic heterocycles. The number of benzene rings is 2. The number of phosphoric acid groups is 1. The summed E-state index contributed by atoms with van der Waals surface area (Å²) in [6.45, 7) is 6.35. The second kappa shape index (κ2) is 27.2. The zero-order valence-electron chi connectivity index (χ0n) is 47.2. The van der Waals surface area contributed by atoms with Crippen molar-refractivity contribution in [2.24, 2.45) is 34.5 Å². The fourth-order valence-corrected chi connectivity index (χ4v) is 15.1. The SMILES string of the molecule is C[C@]12C=CC(=O)C=C1CC[C@@H]1[C@@H]2[C@@H](O)C[C@@]2(C)[C@H]1C[C@H]1O[C@@H](C3CCCCC3)O[C@]12C(=O)COC(=O)CCCNC(=O)c1ccc[n+](Cc2cc(C(O)CNCCCCCCOCCCCc3ccccc3)ccc2OP(=O)(O)O)c1. The molecule has 81 heavy (non-hydrogen) atoms. The second-order valence-corrected chi connectivity index (χ2v) is 25.2. The molecular weight excluding hydrogens is 1050 g/mol. The molecule has 1 saturated heterocycles. The highest BCUT2D eigenvalue weighted by Gasteiger charge is 2.76. The third kappa shape index (κ3) is 14.4. The molecule has 2 heterocycles. The van der Waals surface area contributed by atoms with E-state index in [0.717, 1.165) is 109 Å². The van der Waals surface area contributed by atoms with E-state index in [0.29, 0.717) is 30.5 Å². The number of aliphatic hydroxyl groups excluding tert-OH is 2. The van der Waals surface area contributed by atoms with Crippen molar-refractivity contribution in [2.75, 3.05) is 39.5 Å². The van der Waals surface area contributed by atoms with Gasteiger partial charge in [0.1, 0.15) is 11.3 Å². The van der Waals surface area contributed by atoms with E-state index < -0.39 is 67.3 Å². The van der Waals surface area contributed by atoms with Crippen molar-refractivity contribution >= 4 is 31.3 Å². The van der Waals surface area contributed by atoms with Gasteiger partial charge in [-0.05, 0) is 137 Å². The van der Waals surface area contributed by atoms with Gasteiger partial charge in [0.05, 0.1) is 23.9 Å². The first kappa shape index (κ1) is 60.6. The Morgan fingerprint density at radius 3 is 2.48 bits per heavy atom. The number of amides is 1. The van der Waals surface area contributed by atoms with Gasteiger partial charge in [0.15, 0.2) is 43.2 Å². The number of nitrogens with one attached hydrogen (secondary N) is 2. The highest BCUT2D eigenvalue weighted by molar-refractivity contribution is 7.46. The van der Waals surface area contributed by atoms with Crippen LogP contribution >= 0.6 is 7.82 Å². The first-order valence-corrected chi connectivity index (χ1v) is 31.3. The topological polar surface area (TPSA) is 240 Å². The molecule has 3 aromatic rings.